The predicted molar refractivity (Wildman–Crippen MR) is 125 cm³/mol. The molecule has 182 valence electrons. The van der Waals surface area contributed by atoms with Crippen molar-refractivity contribution in [2.75, 3.05) is 23.0 Å². The number of anilines is 2. The van der Waals surface area contributed by atoms with Crippen molar-refractivity contribution in [2.24, 2.45) is 11.0 Å². The van der Waals surface area contributed by atoms with Crippen LogP contribution in [0.5, 0.6) is 5.75 Å². The Hall–Kier alpha value is -3.23. The summed E-state index contributed by atoms with van der Waals surface area (Å²) in [6, 6.07) is 14.0. The number of piperidine rings is 1. The first-order chi connectivity index (χ1) is 16.1. The van der Waals surface area contributed by atoms with E-state index in [9.17, 15) is 23.1 Å². The summed E-state index contributed by atoms with van der Waals surface area (Å²) < 4.78 is 46.2. The van der Waals surface area contributed by atoms with Crippen molar-refractivity contribution in [3.05, 3.63) is 54.1 Å². The summed E-state index contributed by atoms with van der Waals surface area (Å²) >= 11 is 0. The van der Waals surface area contributed by atoms with Gasteiger partial charge in [0.25, 0.3) is 0 Å². The molecule has 1 N–H and O–H groups in total. The molecule has 2 atom stereocenters. The molecular weight excluding hydrogens is 447 g/mol. The first kappa shape index (κ1) is 23.9. The van der Waals surface area contributed by atoms with Crippen molar-refractivity contribution in [3.63, 3.8) is 0 Å². The van der Waals surface area contributed by atoms with Gasteiger partial charge >= 0.3 is 12.1 Å². The zero-order chi connectivity index (χ0) is 24.5. The molecule has 0 saturated carbocycles. The molecule has 0 aliphatic carbocycles. The maximum atomic E-state index is 13.4. The van der Waals surface area contributed by atoms with Gasteiger partial charge in [-0.15, -0.1) is 0 Å². The lowest BCUT2D eigenvalue weighted by Crippen LogP contribution is -2.38. The zero-order valence-corrected chi connectivity index (χ0v) is 19.1. The third kappa shape index (κ3) is 5.13. The largest absolute Gasteiger partial charge is 0.490 e. The summed E-state index contributed by atoms with van der Waals surface area (Å²) in [6.07, 6.45) is -3.28. The van der Waals surface area contributed by atoms with E-state index >= 15 is 0 Å². The van der Waals surface area contributed by atoms with Crippen LogP contribution in [0.15, 0.2) is 53.6 Å². The Balaban J connectivity index is 1.41. The van der Waals surface area contributed by atoms with E-state index in [2.05, 4.69) is 29.1 Å². The molecule has 6 nitrogen and oxygen atoms in total. The summed E-state index contributed by atoms with van der Waals surface area (Å²) in [5.41, 5.74) is 1.92. The van der Waals surface area contributed by atoms with E-state index in [1.165, 1.54) is 23.2 Å². The van der Waals surface area contributed by atoms with E-state index in [4.69, 9.17) is 4.74 Å². The number of rotatable bonds is 6. The number of carbonyl (C=O) groups is 1. The highest BCUT2D eigenvalue weighted by Crippen LogP contribution is 2.37. The van der Waals surface area contributed by atoms with E-state index in [0.29, 0.717) is 11.4 Å². The number of para-hydroxylation sites is 1. The molecule has 0 radical (unpaired) electrons. The Morgan fingerprint density at radius 2 is 1.76 bits per heavy atom. The summed E-state index contributed by atoms with van der Waals surface area (Å²) in [6.45, 7) is 5.22. The van der Waals surface area contributed by atoms with Crippen molar-refractivity contribution in [3.8, 4) is 5.75 Å². The average Bonchev–Trinajstić information content (AvgIpc) is 3.11. The molecule has 2 aliphatic rings. The predicted octanol–water partition coefficient (Wildman–Crippen LogP) is 5.26. The molecule has 0 aromatic heterocycles. The smallest absolute Gasteiger partial charge is 0.431 e. The van der Waals surface area contributed by atoms with E-state index < -0.39 is 36.2 Å². The number of hydrogen-bond donors (Lipinski definition) is 1. The Morgan fingerprint density at radius 1 is 1.12 bits per heavy atom. The van der Waals surface area contributed by atoms with Gasteiger partial charge in [0.15, 0.2) is 0 Å². The van der Waals surface area contributed by atoms with Gasteiger partial charge in [0.05, 0.1) is 18.2 Å². The summed E-state index contributed by atoms with van der Waals surface area (Å²) in [7, 11) is 0. The third-order valence-corrected chi connectivity index (χ3v) is 6.51. The lowest BCUT2D eigenvalue weighted by molar-refractivity contribution is -0.137. The second-order valence-corrected chi connectivity index (χ2v) is 8.87. The number of carboxylic acids is 1. The molecule has 9 heteroatoms. The maximum Gasteiger partial charge on any atom is 0.431 e. The highest BCUT2D eigenvalue weighted by atomic mass is 19.4. The van der Waals surface area contributed by atoms with Crippen LogP contribution in [-0.4, -0.2) is 48.2 Å². The number of aliphatic carboxylic acids is 1. The number of nitrogens with zero attached hydrogens (tertiary/aromatic N) is 3. The van der Waals surface area contributed by atoms with Crippen molar-refractivity contribution < 1.29 is 27.8 Å². The van der Waals surface area contributed by atoms with Gasteiger partial charge in [-0.3, -0.25) is 9.80 Å². The van der Waals surface area contributed by atoms with E-state index in [1.807, 2.05) is 12.1 Å². The molecule has 2 aromatic rings. The molecule has 34 heavy (non-hydrogen) atoms. The summed E-state index contributed by atoms with van der Waals surface area (Å²) in [5.74, 6) is -1.59. The number of hydrazone groups is 1. The molecule has 1 fully saturated rings. The Bertz CT molecular complexity index is 1050. The van der Waals surface area contributed by atoms with Crippen LogP contribution in [0, 0.1) is 12.8 Å². The van der Waals surface area contributed by atoms with Gasteiger partial charge in [-0.05, 0) is 42.8 Å². The first-order valence-corrected chi connectivity index (χ1v) is 11.4. The Labute approximate surface area is 196 Å². The van der Waals surface area contributed by atoms with E-state index in [-0.39, 0.29) is 6.10 Å². The molecular formula is C25H28F3N3O3. The van der Waals surface area contributed by atoms with Crippen molar-refractivity contribution in [1.82, 2.24) is 0 Å². The van der Waals surface area contributed by atoms with Gasteiger partial charge in [-0.25, -0.2) is 0 Å². The van der Waals surface area contributed by atoms with Gasteiger partial charge in [0.1, 0.15) is 17.6 Å². The minimum atomic E-state index is -4.61. The van der Waals surface area contributed by atoms with E-state index in [1.54, 1.807) is 24.3 Å². The summed E-state index contributed by atoms with van der Waals surface area (Å²) in [5, 5.41) is 14.1. The number of aryl methyl sites for hydroxylation is 1. The van der Waals surface area contributed by atoms with Crippen LogP contribution in [0.4, 0.5) is 24.5 Å². The van der Waals surface area contributed by atoms with Crippen LogP contribution >= 0.6 is 0 Å². The van der Waals surface area contributed by atoms with Crippen LogP contribution in [0.25, 0.3) is 0 Å². The molecule has 1 saturated heterocycles. The van der Waals surface area contributed by atoms with Gasteiger partial charge in [-0.1, -0.05) is 25.1 Å². The highest BCUT2D eigenvalue weighted by Gasteiger charge is 2.48. The fourth-order valence-corrected chi connectivity index (χ4v) is 4.68. The van der Waals surface area contributed by atoms with Crippen LogP contribution < -0.4 is 14.6 Å². The van der Waals surface area contributed by atoms with Crippen molar-refractivity contribution in [2.45, 2.75) is 51.4 Å². The minimum absolute atomic E-state index is 0.0486. The third-order valence-electron chi connectivity index (χ3n) is 6.51. The number of carboxylic acid groups (broad SMARTS) is 1. The molecule has 4 rings (SSSR count). The SMILES string of the molecule is Cc1ccccc1N1CCC(Oc2ccc(N3N=C(C(F)(F)F)C(C)C3CC(=O)O)cc2)CC1. The molecule has 2 heterocycles. The molecule has 0 spiro atoms. The van der Waals surface area contributed by atoms with E-state index in [0.717, 1.165) is 25.9 Å². The standard InChI is InChI=1S/C25H28F3N3O3/c1-16-5-3-4-6-21(16)30-13-11-20(12-14-30)34-19-9-7-18(8-10-19)31-22(15-23(32)33)17(2)24(29-31)25(26,27)28/h3-10,17,20,22H,11-15H2,1-2H3,(H,32,33). The van der Waals surface area contributed by atoms with Crippen molar-refractivity contribution >= 4 is 23.1 Å². The van der Waals surface area contributed by atoms with Gasteiger partial charge in [0.2, 0.25) is 0 Å². The number of ether oxygens (including phenoxy) is 1. The minimum Gasteiger partial charge on any atom is -0.490 e. The fourth-order valence-electron chi connectivity index (χ4n) is 4.68. The molecule has 0 amide bonds. The number of hydrogen-bond acceptors (Lipinski definition) is 5. The quantitative estimate of drug-likeness (QED) is 0.618. The van der Waals surface area contributed by atoms with Crippen LogP contribution in [0.2, 0.25) is 0 Å². The second kappa shape index (κ2) is 9.56. The topological polar surface area (TPSA) is 65.4 Å². The number of benzene rings is 2. The fraction of sp³-hybridized carbons (Fsp3) is 0.440. The lowest BCUT2D eigenvalue weighted by atomic mass is 9.94. The molecule has 2 aliphatic heterocycles. The average molecular weight is 476 g/mol. The normalized spacial score (nSPS) is 21.5. The molecule has 0 bridgehead atoms. The van der Waals surface area contributed by atoms with Crippen LogP contribution in [0.1, 0.15) is 31.7 Å². The van der Waals surface area contributed by atoms with Gasteiger partial charge in [0, 0.05) is 37.5 Å². The first-order valence-electron chi connectivity index (χ1n) is 11.4. The molecule has 2 aromatic carbocycles. The number of halogens is 3. The second-order valence-electron chi connectivity index (χ2n) is 8.87. The van der Waals surface area contributed by atoms with Crippen LogP contribution in [-0.2, 0) is 4.79 Å². The number of alkyl halides is 3. The highest BCUT2D eigenvalue weighted by molar-refractivity contribution is 5.95. The van der Waals surface area contributed by atoms with Gasteiger partial charge < -0.3 is 14.7 Å². The maximum absolute atomic E-state index is 13.4. The molecule has 2 unspecified atom stereocenters. The Kier molecular flexibility index (Phi) is 6.72. The summed E-state index contributed by atoms with van der Waals surface area (Å²) in [4.78, 5) is 13.6. The van der Waals surface area contributed by atoms with Gasteiger partial charge in [-0.2, -0.15) is 18.3 Å². The lowest BCUT2D eigenvalue weighted by Gasteiger charge is -2.34. The van der Waals surface area contributed by atoms with Crippen LogP contribution in [0.3, 0.4) is 0 Å². The monoisotopic (exact) mass is 475 g/mol. The van der Waals surface area contributed by atoms with Crippen molar-refractivity contribution in [1.29, 1.82) is 0 Å². The Morgan fingerprint density at radius 3 is 2.35 bits per heavy atom. The zero-order valence-electron chi connectivity index (χ0n) is 19.1.